The van der Waals surface area contributed by atoms with Crippen molar-refractivity contribution < 1.29 is 9.59 Å². The summed E-state index contributed by atoms with van der Waals surface area (Å²) < 4.78 is 0. The molecule has 3 aliphatic carbocycles. The van der Waals surface area contributed by atoms with E-state index in [1.54, 1.807) is 17.0 Å². The molecule has 2 amide bonds. The molecule has 1 fully saturated rings. The van der Waals surface area contributed by atoms with Crippen molar-refractivity contribution in [2.24, 2.45) is 22.4 Å². The molecule has 0 saturated heterocycles. The molecule has 1 aliphatic heterocycles. The zero-order valence-electron chi connectivity index (χ0n) is 19.4. The van der Waals surface area contributed by atoms with Gasteiger partial charge >= 0.3 is 0 Å². The first-order valence-corrected chi connectivity index (χ1v) is 11.9. The number of nitrogens with zero attached hydrogens (tertiary/aromatic N) is 2. The van der Waals surface area contributed by atoms with Gasteiger partial charge in [-0.05, 0) is 70.9 Å². The van der Waals surface area contributed by atoms with E-state index in [0.717, 1.165) is 39.9 Å². The highest BCUT2D eigenvalue weighted by Crippen LogP contribution is 2.58. The number of hydrogen-bond donors (Lipinski definition) is 1. The maximum absolute atomic E-state index is 13.0. The Labute approximate surface area is 199 Å². The fourth-order valence-corrected chi connectivity index (χ4v) is 5.86. The Morgan fingerprint density at radius 3 is 2.62 bits per heavy atom. The van der Waals surface area contributed by atoms with E-state index in [1.165, 1.54) is 12.0 Å². The van der Waals surface area contributed by atoms with Crippen molar-refractivity contribution >= 4 is 34.5 Å². The molecule has 34 heavy (non-hydrogen) atoms. The van der Waals surface area contributed by atoms with Crippen LogP contribution in [-0.4, -0.2) is 18.0 Å². The Bertz CT molecular complexity index is 1380. The van der Waals surface area contributed by atoms with E-state index in [-0.39, 0.29) is 11.8 Å². The topological polar surface area (TPSA) is 61.8 Å². The summed E-state index contributed by atoms with van der Waals surface area (Å²) in [7, 11) is 0. The number of anilines is 1. The molecule has 0 aromatic heterocycles. The Kier molecular flexibility index (Phi) is 4.70. The molecular formula is C29H27N3O2. The van der Waals surface area contributed by atoms with Crippen LogP contribution in [-0.2, 0) is 6.54 Å². The van der Waals surface area contributed by atoms with Crippen molar-refractivity contribution in [1.29, 1.82) is 0 Å². The Morgan fingerprint density at radius 2 is 1.88 bits per heavy atom. The third-order valence-electron chi connectivity index (χ3n) is 8.10. The summed E-state index contributed by atoms with van der Waals surface area (Å²) in [6.07, 6.45) is 6.39. The van der Waals surface area contributed by atoms with Crippen molar-refractivity contribution in [2.45, 2.75) is 33.2 Å². The minimum atomic E-state index is -0.237. The van der Waals surface area contributed by atoms with Crippen LogP contribution in [0.1, 0.15) is 53.0 Å². The van der Waals surface area contributed by atoms with Crippen molar-refractivity contribution in [3.05, 3.63) is 89.0 Å². The standard InChI is InChI=1S/C29H27N3O2/c1-29(2)22-14-13-21(24(29)15-22)16-30-31-27(33)20-11-9-18(10-12-20)17-32-25-8-4-6-19-5-3-7-23(26(19)25)28(32)34/h3-13,16,22,24H,14-15,17H2,1-2H3,(H,31,33)/t22-,24+/m0/s1. The Balaban J connectivity index is 1.12. The molecule has 3 aromatic rings. The number of amides is 2. The van der Waals surface area contributed by atoms with E-state index < -0.39 is 0 Å². The minimum Gasteiger partial charge on any atom is -0.303 e. The molecule has 170 valence electrons. The second-order valence-corrected chi connectivity index (χ2v) is 10.2. The summed E-state index contributed by atoms with van der Waals surface area (Å²) in [4.78, 5) is 27.4. The van der Waals surface area contributed by atoms with Crippen LogP contribution < -0.4 is 10.3 Å². The van der Waals surface area contributed by atoms with Gasteiger partial charge in [-0.15, -0.1) is 0 Å². The van der Waals surface area contributed by atoms with E-state index in [1.807, 2.05) is 54.7 Å². The third kappa shape index (κ3) is 3.18. The third-order valence-corrected chi connectivity index (χ3v) is 8.10. The average molecular weight is 450 g/mol. The van der Waals surface area contributed by atoms with Gasteiger partial charge in [0.1, 0.15) is 0 Å². The average Bonchev–Trinajstić information content (AvgIpc) is 3.12. The molecule has 2 bridgehead atoms. The minimum absolute atomic E-state index is 0.0148. The van der Waals surface area contributed by atoms with Crippen LogP contribution >= 0.6 is 0 Å². The van der Waals surface area contributed by atoms with Crippen molar-refractivity contribution in [3.63, 3.8) is 0 Å². The normalized spacial score (nSPS) is 22.1. The molecule has 7 rings (SSSR count). The van der Waals surface area contributed by atoms with Crippen LogP contribution in [0.25, 0.3) is 10.8 Å². The van der Waals surface area contributed by atoms with E-state index in [9.17, 15) is 9.59 Å². The highest BCUT2D eigenvalue weighted by atomic mass is 16.2. The lowest BCUT2D eigenvalue weighted by molar-refractivity contribution is -0.00126. The molecule has 5 nitrogen and oxygen atoms in total. The van der Waals surface area contributed by atoms with E-state index in [0.29, 0.717) is 23.4 Å². The summed E-state index contributed by atoms with van der Waals surface area (Å²) in [6.45, 7) is 5.10. The van der Waals surface area contributed by atoms with Gasteiger partial charge in [0.15, 0.2) is 0 Å². The van der Waals surface area contributed by atoms with Gasteiger partial charge in [0.05, 0.1) is 18.4 Å². The number of allylic oxidation sites excluding steroid dienone is 2. The molecule has 0 radical (unpaired) electrons. The first-order valence-electron chi connectivity index (χ1n) is 11.9. The number of hydrazone groups is 1. The highest BCUT2D eigenvalue weighted by Gasteiger charge is 2.50. The molecular weight excluding hydrogens is 422 g/mol. The van der Waals surface area contributed by atoms with Gasteiger partial charge in [0.2, 0.25) is 0 Å². The second kappa shape index (κ2) is 7.66. The summed E-state index contributed by atoms with van der Waals surface area (Å²) in [5.74, 6) is 1.09. The van der Waals surface area contributed by atoms with Crippen LogP contribution in [0.3, 0.4) is 0 Å². The van der Waals surface area contributed by atoms with Crippen LogP contribution in [0.15, 0.2) is 77.4 Å². The molecule has 1 N–H and O–H groups in total. The maximum atomic E-state index is 13.0. The predicted octanol–water partition coefficient (Wildman–Crippen LogP) is 5.71. The SMILES string of the molecule is CC1(C)[C@H]2CC=C(C=NNC(=O)c3ccc(CN4C(=O)c5cccc6cccc4c56)cc3)[C@H]1C2. The van der Waals surface area contributed by atoms with Crippen molar-refractivity contribution in [3.8, 4) is 0 Å². The number of rotatable bonds is 5. The van der Waals surface area contributed by atoms with E-state index >= 15 is 0 Å². The summed E-state index contributed by atoms with van der Waals surface area (Å²) in [5, 5.41) is 6.31. The summed E-state index contributed by atoms with van der Waals surface area (Å²) >= 11 is 0. The smallest absolute Gasteiger partial charge is 0.271 e. The molecule has 2 atom stereocenters. The summed E-state index contributed by atoms with van der Waals surface area (Å²) in [5.41, 5.74) is 7.42. The van der Waals surface area contributed by atoms with E-state index in [2.05, 4.69) is 30.5 Å². The van der Waals surface area contributed by atoms with Gasteiger partial charge < -0.3 is 4.90 Å². The monoisotopic (exact) mass is 449 g/mol. The molecule has 0 unspecified atom stereocenters. The van der Waals surface area contributed by atoms with Crippen LogP contribution in [0.4, 0.5) is 5.69 Å². The highest BCUT2D eigenvalue weighted by molar-refractivity contribution is 6.24. The first-order chi connectivity index (χ1) is 16.4. The molecule has 0 spiro atoms. The fourth-order valence-electron chi connectivity index (χ4n) is 5.86. The van der Waals surface area contributed by atoms with Crippen LogP contribution in [0.5, 0.6) is 0 Å². The number of carbonyl (C=O) groups is 2. The van der Waals surface area contributed by atoms with Gasteiger partial charge in [0.25, 0.3) is 11.8 Å². The van der Waals surface area contributed by atoms with Crippen molar-refractivity contribution in [2.75, 3.05) is 4.90 Å². The van der Waals surface area contributed by atoms with E-state index in [4.69, 9.17) is 0 Å². The second-order valence-electron chi connectivity index (χ2n) is 10.2. The number of nitrogens with one attached hydrogen (secondary N) is 1. The van der Waals surface area contributed by atoms with Gasteiger partial charge in [0, 0.05) is 16.5 Å². The lowest BCUT2D eigenvalue weighted by Gasteiger charge is -2.55. The quantitative estimate of drug-likeness (QED) is 0.401. The van der Waals surface area contributed by atoms with Crippen molar-refractivity contribution in [1.82, 2.24) is 5.43 Å². The predicted molar refractivity (Wildman–Crippen MR) is 135 cm³/mol. The van der Waals surface area contributed by atoms with Gasteiger partial charge in [-0.25, -0.2) is 5.43 Å². The Hall–Kier alpha value is -3.73. The molecule has 3 aromatic carbocycles. The van der Waals surface area contributed by atoms with Gasteiger partial charge in [-0.3, -0.25) is 9.59 Å². The fraction of sp³-hybridized carbons (Fsp3) is 0.276. The molecule has 1 saturated carbocycles. The Morgan fingerprint density at radius 1 is 1.12 bits per heavy atom. The largest absolute Gasteiger partial charge is 0.303 e. The zero-order chi connectivity index (χ0) is 23.4. The molecule has 1 heterocycles. The summed E-state index contributed by atoms with van der Waals surface area (Å²) in [6, 6.07) is 19.2. The number of benzene rings is 3. The van der Waals surface area contributed by atoms with Crippen LogP contribution in [0.2, 0.25) is 0 Å². The number of hydrogen-bond acceptors (Lipinski definition) is 3. The molecule has 5 heteroatoms. The van der Waals surface area contributed by atoms with Gasteiger partial charge in [-0.1, -0.05) is 56.3 Å². The molecule has 4 aliphatic rings. The van der Waals surface area contributed by atoms with Crippen LogP contribution in [0, 0.1) is 17.3 Å². The zero-order valence-corrected chi connectivity index (χ0v) is 19.4. The number of carbonyl (C=O) groups excluding carboxylic acids is 2. The number of fused-ring (bicyclic) bond motifs is 1. The van der Waals surface area contributed by atoms with Gasteiger partial charge in [-0.2, -0.15) is 5.10 Å². The maximum Gasteiger partial charge on any atom is 0.271 e. The first kappa shape index (κ1) is 20.8. The lowest BCUT2D eigenvalue weighted by Crippen LogP contribution is -2.48. The lowest BCUT2D eigenvalue weighted by atomic mass is 9.49.